The van der Waals surface area contributed by atoms with Crippen LogP contribution in [0, 0.1) is 10.8 Å². The Kier molecular flexibility index (Phi) is 6.75. The van der Waals surface area contributed by atoms with Gasteiger partial charge in [-0.1, -0.05) is 20.8 Å². The van der Waals surface area contributed by atoms with Crippen molar-refractivity contribution in [2.75, 3.05) is 51.7 Å². The zero-order chi connectivity index (χ0) is 19.5. The molecule has 0 bridgehead atoms. The van der Waals surface area contributed by atoms with E-state index >= 15 is 0 Å². The van der Waals surface area contributed by atoms with Gasteiger partial charge in [0.2, 0.25) is 0 Å². The molecule has 4 nitrogen and oxygen atoms in total. The van der Waals surface area contributed by atoms with Crippen molar-refractivity contribution in [2.45, 2.75) is 57.8 Å². The third kappa shape index (κ3) is 6.10. The Morgan fingerprint density at radius 2 is 1.85 bits per heavy atom. The predicted molar refractivity (Wildman–Crippen MR) is 117 cm³/mol. The molecule has 5 heteroatoms. The zero-order valence-corrected chi connectivity index (χ0v) is 18.8. The van der Waals surface area contributed by atoms with Crippen LogP contribution >= 0.6 is 11.9 Å². The Morgan fingerprint density at radius 1 is 1.11 bits per heavy atom. The molecule has 0 saturated carbocycles. The first kappa shape index (κ1) is 20.9. The van der Waals surface area contributed by atoms with Gasteiger partial charge in [-0.2, -0.15) is 0 Å². The van der Waals surface area contributed by atoms with Crippen molar-refractivity contribution in [2.24, 2.45) is 10.8 Å². The van der Waals surface area contributed by atoms with E-state index in [1.165, 1.54) is 69.7 Å². The van der Waals surface area contributed by atoms with Gasteiger partial charge in [-0.25, -0.2) is 9.29 Å². The van der Waals surface area contributed by atoms with Crippen LogP contribution in [0.3, 0.4) is 0 Å². The van der Waals surface area contributed by atoms with E-state index in [1.54, 1.807) is 0 Å². The fourth-order valence-corrected chi connectivity index (χ4v) is 5.32. The van der Waals surface area contributed by atoms with Gasteiger partial charge in [0.25, 0.3) is 0 Å². The Morgan fingerprint density at radius 3 is 2.44 bits per heavy atom. The maximum Gasteiger partial charge on any atom is 0.128 e. The van der Waals surface area contributed by atoms with E-state index in [0.717, 1.165) is 5.82 Å². The highest BCUT2D eigenvalue weighted by atomic mass is 32.2. The number of likely N-dealkylation sites (tertiary alicyclic amines) is 1. The molecule has 2 saturated heterocycles. The summed E-state index contributed by atoms with van der Waals surface area (Å²) in [6.07, 6.45) is 8.81. The summed E-state index contributed by atoms with van der Waals surface area (Å²) in [5.74, 6) is 1.03. The number of rotatable bonds is 5. The van der Waals surface area contributed by atoms with Crippen molar-refractivity contribution in [1.82, 2.24) is 14.2 Å². The largest absolute Gasteiger partial charge is 0.363 e. The third-order valence-electron chi connectivity index (χ3n) is 6.13. The molecule has 0 atom stereocenters. The molecule has 2 fully saturated rings. The first-order chi connectivity index (χ1) is 12.7. The lowest BCUT2D eigenvalue weighted by Crippen LogP contribution is -2.48. The monoisotopic (exact) mass is 390 g/mol. The second kappa shape index (κ2) is 8.71. The fourth-order valence-electron chi connectivity index (χ4n) is 4.23. The van der Waals surface area contributed by atoms with Crippen LogP contribution in [0.4, 0.5) is 5.82 Å². The van der Waals surface area contributed by atoms with E-state index in [9.17, 15) is 0 Å². The van der Waals surface area contributed by atoms with Crippen LogP contribution in [0.15, 0.2) is 23.2 Å². The van der Waals surface area contributed by atoms with Crippen LogP contribution in [0.2, 0.25) is 0 Å². The zero-order valence-electron chi connectivity index (χ0n) is 18.0. The summed E-state index contributed by atoms with van der Waals surface area (Å²) in [5, 5.41) is 0. The molecule has 0 aliphatic carbocycles. The molecular formula is C22H38N4S. The first-order valence-corrected chi connectivity index (χ1v) is 11.3. The summed E-state index contributed by atoms with van der Waals surface area (Å²) in [5.41, 5.74) is 0.990. The molecule has 2 aliphatic heterocycles. The molecule has 152 valence electrons. The van der Waals surface area contributed by atoms with Crippen molar-refractivity contribution in [3.63, 3.8) is 0 Å². The van der Waals surface area contributed by atoms with E-state index in [0.29, 0.717) is 10.8 Å². The minimum atomic E-state index is 0.448. The standard InChI is InChI=1S/C22H38N4S/c1-21(2,3)10-14-25-15-11-22(12-16-25)9-6-13-26(18-22)27-19-7-8-20(23-17-19)24(4)5/h7-8,17H,6,9-16,18H2,1-5H3. The molecule has 1 spiro atoms. The molecule has 27 heavy (non-hydrogen) atoms. The summed E-state index contributed by atoms with van der Waals surface area (Å²) >= 11 is 1.91. The Hall–Kier alpha value is -0.780. The van der Waals surface area contributed by atoms with Crippen molar-refractivity contribution >= 4 is 17.8 Å². The van der Waals surface area contributed by atoms with Gasteiger partial charge in [0.15, 0.2) is 0 Å². The SMILES string of the molecule is CN(C)c1ccc(SN2CCCC3(CCN(CCC(C)(C)C)CC3)C2)cn1. The van der Waals surface area contributed by atoms with Crippen molar-refractivity contribution in [3.05, 3.63) is 18.3 Å². The molecule has 1 aromatic rings. The second-order valence-electron chi connectivity index (χ2n) is 9.96. The van der Waals surface area contributed by atoms with E-state index in [-0.39, 0.29) is 0 Å². The lowest BCUT2D eigenvalue weighted by Gasteiger charge is -2.47. The number of piperidine rings is 2. The van der Waals surface area contributed by atoms with Gasteiger partial charge in [0.1, 0.15) is 5.82 Å². The summed E-state index contributed by atoms with van der Waals surface area (Å²) < 4.78 is 2.60. The number of pyridine rings is 1. The number of anilines is 1. The van der Waals surface area contributed by atoms with E-state index in [2.05, 4.69) is 52.0 Å². The molecule has 2 aliphatic rings. The Balaban J connectivity index is 1.50. The maximum absolute atomic E-state index is 4.57. The average Bonchev–Trinajstić information content (AvgIpc) is 2.61. The summed E-state index contributed by atoms with van der Waals surface area (Å²) in [7, 11) is 4.08. The van der Waals surface area contributed by atoms with E-state index in [4.69, 9.17) is 0 Å². The quantitative estimate of drug-likeness (QED) is 0.674. The molecule has 0 aromatic carbocycles. The highest BCUT2D eigenvalue weighted by Gasteiger charge is 2.38. The molecule has 0 amide bonds. The Labute approximate surface area is 170 Å². The van der Waals surface area contributed by atoms with Gasteiger partial charge in [-0.15, -0.1) is 0 Å². The predicted octanol–water partition coefficient (Wildman–Crippen LogP) is 4.77. The molecule has 0 unspecified atom stereocenters. The lowest BCUT2D eigenvalue weighted by molar-refractivity contribution is 0.0515. The van der Waals surface area contributed by atoms with Gasteiger partial charge in [-0.3, -0.25) is 0 Å². The van der Waals surface area contributed by atoms with Crippen molar-refractivity contribution in [3.8, 4) is 0 Å². The molecule has 0 radical (unpaired) electrons. The topological polar surface area (TPSA) is 22.6 Å². The Bertz CT molecular complexity index is 585. The normalized spacial score (nSPS) is 21.5. The second-order valence-corrected chi connectivity index (χ2v) is 11.1. The molecule has 1 aromatic heterocycles. The van der Waals surface area contributed by atoms with E-state index < -0.39 is 0 Å². The smallest absolute Gasteiger partial charge is 0.128 e. The minimum Gasteiger partial charge on any atom is -0.363 e. The van der Waals surface area contributed by atoms with Crippen LogP contribution < -0.4 is 4.90 Å². The lowest BCUT2D eigenvalue weighted by atomic mass is 9.73. The molecule has 0 N–H and O–H groups in total. The maximum atomic E-state index is 4.57. The van der Waals surface area contributed by atoms with Gasteiger partial charge in [0, 0.05) is 38.3 Å². The van der Waals surface area contributed by atoms with Crippen LogP contribution in [-0.2, 0) is 0 Å². The van der Waals surface area contributed by atoms with Crippen LogP contribution in [0.1, 0.15) is 52.9 Å². The van der Waals surface area contributed by atoms with Gasteiger partial charge in [-0.05, 0) is 86.6 Å². The molecule has 3 rings (SSSR count). The van der Waals surface area contributed by atoms with Crippen LogP contribution in [0.25, 0.3) is 0 Å². The minimum absolute atomic E-state index is 0.448. The molecular weight excluding hydrogens is 352 g/mol. The molecule has 3 heterocycles. The van der Waals surface area contributed by atoms with Gasteiger partial charge < -0.3 is 9.80 Å². The summed E-state index contributed by atoms with van der Waals surface area (Å²) in [4.78, 5) is 10.6. The fraction of sp³-hybridized carbons (Fsp3) is 0.773. The first-order valence-electron chi connectivity index (χ1n) is 10.5. The van der Waals surface area contributed by atoms with Crippen molar-refractivity contribution < 1.29 is 0 Å². The van der Waals surface area contributed by atoms with Crippen molar-refractivity contribution in [1.29, 1.82) is 0 Å². The number of aromatic nitrogens is 1. The van der Waals surface area contributed by atoms with Crippen LogP contribution in [-0.4, -0.2) is 61.0 Å². The third-order valence-corrected chi connectivity index (χ3v) is 7.16. The average molecular weight is 391 g/mol. The number of hydrogen-bond acceptors (Lipinski definition) is 5. The number of hydrogen-bond donors (Lipinski definition) is 0. The van der Waals surface area contributed by atoms with E-state index in [1.807, 2.05) is 32.2 Å². The summed E-state index contributed by atoms with van der Waals surface area (Å²) in [6, 6.07) is 4.33. The van der Waals surface area contributed by atoms with Gasteiger partial charge >= 0.3 is 0 Å². The highest BCUT2D eigenvalue weighted by molar-refractivity contribution is 7.97. The summed E-state index contributed by atoms with van der Waals surface area (Å²) in [6.45, 7) is 13.3. The highest BCUT2D eigenvalue weighted by Crippen LogP contribution is 2.42. The van der Waals surface area contributed by atoms with Gasteiger partial charge in [0.05, 0.1) is 0 Å². The van der Waals surface area contributed by atoms with Crippen LogP contribution in [0.5, 0.6) is 0 Å². The number of nitrogens with zero attached hydrogens (tertiary/aromatic N) is 4.